The molecule has 0 bridgehead atoms. The molecule has 192 valence electrons. The molecule has 0 spiro atoms. The van der Waals surface area contributed by atoms with Gasteiger partial charge in [0.15, 0.2) is 0 Å². The molecule has 1 aliphatic heterocycles. The molecule has 1 heterocycles. The molecular formula is C34H26BF3O. The smallest absolute Gasteiger partial charge is 0.415 e. The lowest BCUT2D eigenvalue weighted by atomic mass is 9.25. The molecule has 0 N–H and O–H groups in total. The maximum atomic E-state index is 14.3. The first kappa shape index (κ1) is 24.8. The highest BCUT2D eigenvalue weighted by Gasteiger charge is 2.51. The normalized spacial score (nSPS) is 14.3. The van der Waals surface area contributed by atoms with Crippen LogP contribution in [0.15, 0.2) is 121 Å². The Kier molecular flexibility index (Phi) is 6.15. The highest BCUT2D eigenvalue weighted by atomic mass is 19.1. The van der Waals surface area contributed by atoms with Crippen LogP contribution >= 0.6 is 0 Å². The van der Waals surface area contributed by atoms with Crippen molar-refractivity contribution in [3.05, 3.63) is 161 Å². The van der Waals surface area contributed by atoms with Crippen molar-refractivity contribution in [1.29, 1.82) is 0 Å². The first-order valence-electron chi connectivity index (χ1n) is 12.9. The largest absolute Gasteiger partial charge is 0.810 e. The lowest BCUT2D eigenvalue weighted by Crippen LogP contribution is -2.66. The fourth-order valence-electron chi connectivity index (χ4n) is 6.11. The van der Waals surface area contributed by atoms with Gasteiger partial charge in [0.05, 0.1) is 5.56 Å². The van der Waals surface area contributed by atoms with Gasteiger partial charge in [-0.05, 0) is 60.5 Å². The summed E-state index contributed by atoms with van der Waals surface area (Å²) in [6, 6.07) is 35.8. The number of benzene rings is 5. The first-order valence-corrected chi connectivity index (χ1v) is 12.9. The number of fused-ring (bicyclic) bond motifs is 1. The van der Waals surface area contributed by atoms with Crippen LogP contribution in [0.3, 0.4) is 0 Å². The third-order valence-electron chi connectivity index (χ3n) is 7.88. The van der Waals surface area contributed by atoms with Crippen molar-refractivity contribution in [2.75, 3.05) is 7.11 Å². The van der Waals surface area contributed by atoms with E-state index in [-0.39, 0.29) is 17.5 Å². The van der Waals surface area contributed by atoms with Gasteiger partial charge in [-0.1, -0.05) is 89.4 Å². The molecule has 5 aromatic carbocycles. The lowest BCUT2D eigenvalue weighted by molar-refractivity contribution is 0.173. The fourth-order valence-corrected chi connectivity index (χ4v) is 6.11. The maximum Gasteiger partial charge on any atom is 0.415 e. The topological polar surface area (TPSA) is 2.70 Å². The molecule has 0 saturated carbocycles. The fraction of sp³-hybridized carbons (Fsp3) is 0.0588. The van der Waals surface area contributed by atoms with Gasteiger partial charge in [-0.3, -0.25) is 0 Å². The molecule has 0 aliphatic carbocycles. The summed E-state index contributed by atoms with van der Waals surface area (Å²) in [6.45, 7) is 2.04. The van der Waals surface area contributed by atoms with Gasteiger partial charge in [0.1, 0.15) is 24.6 Å². The van der Waals surface area contributed by atoms with E-state index in [0.29, 0.717) is 0 Å². The molecule has 6 rings (SSSR count). The number of hydrogen-bond acceptors (Lipinski definition) is 0. The van der Waals surface area contributed by atoms with Gasteiger partial charge in [0.2, 0.25) is 5.75 Å². The maximum absolute atomic E-state index is 14.3. The number of aryl methyl sites for hydroxylation is 1. The third kappa shape index (κ3) is 4.06. The van der Waals surface area contributed by atoms with Crippen LogP contribution in [0.5, 0.6) is 5.75 Å². The number of halogens is 3. The van der Waals surface area contributed by atoms with Crippen LogP contribution in [-0.2, 0) is 4.28 Å². The number of para-hydroxylation sites is 1. The molecule has 0 atom stereocenters. The van der Waals surface area contributed by atoms with E-state index in [1.165, 1.54) is 36.4 Å². The third-order valence-corrected chi connectivity index (χ3v) is 7.88. The summed E-state index contributed by atoms with van der Waals surface area (Å²) in [5.74, 6) is -0.125. The number of hydrogen-bond donors (Lipinski definition) is 0. The zero-order valence-electron chi connectivity index (χ0n) is 21.7. The van der Waals surface area contributed by atoms with Crippen LogP contribution in [0.1, 0.15) is 22.3 Å². The SMILES string of the molecule is Cc1ccc(C2=C(c3ccc(F)cc3)[B-](c3ccc(F)cc3)(c3ccc(F)cc3)[O+](C)c3ccccc32)cc1. The predicted molar refractivity (Wildman–Crippen MR) is 154 cm³/mol. The van der Waals surface area contributed by atoms with E-state index in [1.54, 1.807) is 36.4 Å². The van der Waals surface area contributed by atoms with E-state index >= 15 is 0 Å². The van der Waals surface area contributed by atoms with E-state index in [0.717, 1.165) is 50.0 Å². The van der Waals surface area contributed by atoms with E-state index in [4.69, 9.17) is 0 Å². The minimum absolute atomic E-state index is 0.338. The van der Waals surface area contributed by atoms with Crippen molar-refractivity contribution >= 4 is 28.3 Å². The van der Waals surface area contributed by atoms with Gasteiger partial charge in [-0.2, -0.15) is 0 Å². The molecule has 5 aromatic rings. The first-order chi connectivity index (χ1) is 18.9. The van der Waals surface area contributed by atoms with E-state index in [9.17, 15) is 13.2 Å². The Morgan fingerprint density at radius 2 is 1.00 bits per heavy atom. The van der Waals surface area contributed by atoms with E-state index < -0.39 is 6.35 Å². The molecule has 0 aromatic heterocycles. The molecule has 1 aliphatic rings. The predicted octanol–water partition coefficient (Wildman–Crippen LogP) is 7.58. The average molecular weight is 518 g/mol. The van der Waals surface area contributed by atoms with Crippen molar-refractivity contribution in [2.24, 2.45) is 0 Å². The van der Waals surface area contributed by atoms with Crippen LogP contribution in [0.2, 0.25) is 0 Å². The molecule has 0 unspecified atom stereocenters. The monoisotopic (exact) mass is 518 g/mol. The Morgan fingerprint density at radius 3 is 1.54 bits per heavy atom. The van der Waals surface area contributed by atoms with Gasteiger partial charge >= 0.3 is 6.35 Å². The van der Waals surface area contributed by atoms with Crippen molar-refractivity contribution in [3.63, 3.8) is 0 Å². The molecule has 0 saturated heterocycles. The average Bonchev–Trinajstić information content (AvgIpc) is 2.95. The summed E-state index contributed by atoms with van der Waals surface area (Å²) in [5.41, 5.74) is 7.50. The van der Waals surface area contributed by atoms with Crippen LogP contribution in [-0.4, -0.2) is 13.5 Å². The minimum atomic E-state index is -2.09. The summed E-state index contributed by atoms with van der Waals surface area (Å²) in [5, 5.41) is 0. The highest BCUT2D eigenvalue weighted by Crippen LogP contribution is 2.51. The second-order valence-electron chi connectivity index (χ2n) is 10.1. The van der Waals surface area contributed by atoms with Crippen molar-refractivity contribution in [1.82, 2.24) is 0 Å². The molecule has 5 heteroatoms. The Bertz CT molecular complexity index is 1630. The zero-order chi connectivity index (χ0) is 27.1. The molecule has 39 heavy (non-hydrogen) atoms. The lowest BCUT2D eigenvalue weighted by Gasteiger charge is -2.55. The zero-order valence-corrected chi connectivity index (χ0v) is 21.7. The summed E-state index contributed by atoms with van der Waals surface area (Å²) < 4.78 is 46.2. The van der Waals surface area contributed by atoms with E-state index in [1.807, 2.05) is 32.2 Å². The Balaban J connectivity index is 1.85. The summed E-state index contributed by atoms with van der Waals surface area (Å²) in [4.78, 5) is 0. The van der Waals surface area contributed by atoms with Crippen LogP contribution in [0.4, 0.5) is 13.2 Å². The van der Waals surface area contributed by atoms with Crippen LogP contribution < -0.4 is 10.9 Å². The quantitative estimate of drug-likeness (QED) is 0.170. The molecule has 1 nitrogen and oxygen atoms in total. The standard InChI is InChI=1S/C34H26BF3O/c1-23-7-9-24(10-8-23)33-31-5-3-4-6-32(31)39(2)35(26-13-19-29(37)20-14-26,27-15-21-30(38)22-16-27)34(33)25-11-17-28(36)18-12-25/h3-22H,1-2H3. The van der Waals surface area contributed by atoms with Gasteiger partial charge in [0.25, 0.3) is 0 Å². The summed E-state index contributed by atoms with van der Waals surface area (Å²) in [7, 11) is 1.95. The minimum Gasteiger partial charge on any atom is -0.810 e. The molecule has 0 fully saturated rings. The van der Waals surface area contributed by atoms with E-state index in [2.05, 4.69) is 34.6 Å². The van der Waals surface area contributed by atoms with Crippen LogP contribution in [0.25, 0.3) is 11.0 Å². The second-order valence-corrected chi connectivity index (χ2v) is 10.1. The van der Waals surface area contributed by atoms with Gasteiger partial charge in [-0.15, -0.1) is 10.9 Å². The Labute approximate surface area is 226 Å². The molecular weight excluding hydrogens is 492 g/mol. The Hall–Kier alpha value is -4.51. The van der Waals surface area contributed by atoms with Gasteiger partial charge in [-0.25, -0.2) is 13.2 Å². The van der Waals surface area contributed by atoms with Crippen molar-refractivity contribution in [2.45, 2.75) is 6.92 Å². The van der Waals surface area contributed by atoms with Crippen molar-refractivity contribution < 1.29 is 17.5 Å². The van der Waals surface area contributed by atoms with Crippen LogP contribution in [0, 0.1) is 24.4 Å². The van der Waals surface area contributed by atoms with Gasteiger partial charge < -0.3 is 4.28 Å². The summed E-state index contributed by atoms with van der Waals surface area (Å²) >= 11 is 0. The highest BCUT2D eigenvalue weighted by molar-refractivity contribution is 7.12. The summed E-state index contributed by atoms with van der Waals surface area (Å²) in [6.07, 6.45) is -2.09. The molecule has 0 amide bonds. The number of rotatable bonds is 4. The van der Waals surface area contributed by atoms with Gasteiger partial charge in [0, 0.05) is 6.07 Å². The Morgan fingerprint density at radius 1 is 0.538 bits per heavy atom. The van der Waals surface area contributed by atoms with Crippen molar-refractivity contribution in [3.8, 4) is 5.75 Å². The molecule has 0 radical (unpaired) electrons. The second kappa shape index (κ2) is 9.66.